The monoisotopic (exact) mass is 363 g/mol. The number of rotatable bonds is 4. The van der Waals surface area contributed by atoms with Crippen LogP contribution in [0.15, 0.2) is 33.4 Å². The maximum Gasteiger partial charge on any atom is 0.0643 e. The Balaban J connectivity index is 2.48. The first kappa shape index (κ1) is 14.4. The van der Waals surface area contributed by atoms with Crippen molar-refractivity contribution in [3.8, 4) is 0 Å². The van der Waals surface area contributed by atoms with Gasteiger partial charge in [-0.05, 0) is 45.0 Å². The largest absolute Gasteiger partial charge is 0.306 e. The van der Waals surface area contributed by atoms with Crippen molar-refractivity contribution in [2.24, 2.45) is 0 Å². The smallest absolute Gasteiger partial charge is 0.0643 e. The van der Waals surface area contributed by atoms with Crippen molar-refractivity contribution in [3.05, 3.63) is 54.6 Å². The molecule has 2 aromatic rings. The van der Waals surface area contributed by atoms with Crippen molar-refractivity contribution in [3.63, 3.8) is 0 Å². The standard InChI is InChI=1S/C13H12BrCl2NS/c1-2-17-13(9-6-18-7-10(9)14)8-4-3-5-11(15)12(8)16/h3-7,13,17H,2H2,1H3. The van der Waals surface area contributed by atoms with E-state index in [1.165, 1.54) is 5.56 Å². The number of hydrogen-bond acceptors (Lipinski definition) is 2. The number of halogens is 3. The molecule has 0 radical (unpaired) electrons. The maximum absolute atomic E-state index is 6.31. The number of hydrogen-bond donors (Lipinski definition) is 1. The molecule has 1 N–H and O–H groups in total. The first-order valence-corrected chi connectivity index (χ1v) is 8.03. The number of thiophene rings is 1. The summed E-state index contributed by atoms with van der Waals surface area (Å²) in [5.74, 6) is 0. The second-order valence-electron chi connectivity index (χ2n) is 3.81. The van der Waals surface area contributed by atoms with E-state index in [1.807, 2.05) is 12.1 Å². The van der Waals surface area contributed by atoms with Crippen LogP contribution in [-0.2, 0) is 0 Å². The Morgan fingerprint density at radius 3 is 2.67 bits per heavy atom. The van der Waals surface area contributed by atoms with Gasteiger partial charge in [0.05, 0.1) is 16.1 Å². The lowest BCUT2D eigenvalue weighted by Gasteiger charge is -2.20. The van der Waals surface area contributed by atoms with Crippen molar-refractivity contribution < 1.29 is 0 Å². The van der Waals surface area contributed by atoms with E-state index < -0.39 is 0 Å². The van der Waals surface area contributed by atoms with Gasteiger partial charge < -0.3 is 5.32 Å². The van der Waals surface area contributed by atoms with Crippen LogP contribution in [0, 0.1) is 0 Å². The zero-order chi connectivity index (χ0) is 13.1. The molecule has 2 rings (SSSR count). The summed E-state index contributed by atoms with van der Waals surface area (Å²) in [7, 11) is 0. The van der Waals surface area contributed by atoms with Crippen LogP contribution >= 0.6 is 50.5 Å². The molecule has 0 aliphatic heterocycles. The van der Waals surface area contributed by atoms with Crippen LogP contribution < -0.4 is 5.32 Å². The molecule has 0 saturated carbocycles. The van der Waals surface area contributed by atoms with Crippen LogP contribution in [-0.4, -0.2) is 6.54 Å². The minimum atomic E-state index is 0.0572. The summed E-state index contributed by atoms with van der Waals surface area (Å²) in [5.41, 5.74) is 2.19. The van der Waals surface area contributed by atoms with E-state index in [2.05, 4.69) is 38.9 Å². The third kappa shape index (κ3) is 2.91. The number of nitrogens with one attached hydrogen (secondary N) is 1. The molecule has 1 nitrogen and oxygen atoms in total. The molecule has 1 aromatic carbocycles. The normalized spacial score (nSPS) is 12.7. The van der Waals surface area contributed by atoms with E-state index in [4.69, 9.17) is 23.2 Å². The first-order chi connectivity index (χ1) is 8.65. The van der Waals surface area contributed by atoms with Crippen LogP contribution in [0.5, 0.6) is 0 Å². The Labute approximate surface area is 129 Å². The van der Waals surface area contributed by atoms with Crippen LogP contribution in [0.25, 0.3) is 0 Å². The average molecular weight is 365 g/mol. The van der Waals surface area contributed by atoms with Gasteiger partial charge >= 0.3 is 0 Å². The topological polar surface area (TPSA) is 12.0 Å². The molecule has 1 aromatic heterocycles. The lowest BCUT2D eigenvalue weighted by molar-refractivity contribution is 0.631. The highest BCUT2D eigenvalue weighted by molar-refractivity contribution is 9.10. The average Bonchev–Trinajstić information content (AvgIpc) is 2.76. The van der Waals surface area contributed by atoms with Gasteiger partial charge in [0.1, 0.15) is 0 Å². The van der Waals surface area contributed by atoms with E-state index in [0.717, 1.165) is 16.6 Å². The van der Waals surface area contributed by atoms with Crippen molar-refractivity contribution in [2.45, 2.75) is 13.0 Å². The highest BCUT2D eigenvalue weighted by Gasteiger charge is 2.20. The molecule has 0 fully saturated rings. The highest BCUT2D eigenvalue weighted by Crippen LogP contribution is 2.37. The Morgan fingerprint density at radius 2 is 2.06 bits per heavy atom. The second kappa shape index (κ2) is 6.40. The third-order valence-corrected chi connectivity index (χ3v) is 5.24. The van der Waals surface area contributed by atoms with Crippen LogP contribution in [0.4, 0.5) is 0 Å². The van der Waals surface area contributed by atoms with Gasteiger partial charge in [0.15, 0.2) is 0 Å². The van der Waals surface area contributed by atoms with E-state index in [9.17, 15) is 0 Å². The lowest BCUT2D eigenvalue weighted by atomic mass is 10.0. The summed E-state index contributed by atoms with van der Waals surface area (Å²) in [4.78, 5) is 0. The van der Waals surface area contributed by atoms with Gasteiger partial charge in [0, 0.05) is 9.85 Å². The minimum Gasteiger partial charge on any atom is -0.306 e. The quantitative estimate of drug-likeness (QED) is 0.753. The fourth-order valence-electron chi connectivity index (χ4n) is 1.83. The van der Waals surface area contributed by atoms with Crippen LogP contribution in [0.1, 0.15) is 24.1 Å². The van der Waals surface area contributed by atoms with Gasteiger partial charge in [-0.3, -0.25) is 0 Å². The molecule has 1 atom stereocenters. The first-order valence-electron chi connectivity index (χ1n) is 5.54. The van der Waals surface area contributed by atoms with Gasteiger partial charge in [-0.15, -0.1) is 0 Å². The molecule has 0 aliphatic carbocycles. The molecule has 0 amide bonds. The van der Waals surface area contributed by atoms with Gasteiger partial charge in [-0.2, -0.15) is 11.3 Å². The van der Waals surface area contributed by atoms with Crippen molar-refractivity contribution in [1.82, 2.24) is 5.32 Å². The summed E-state index contributed by atoms with van der Waals surface area (Å²) < 4.78 is 1.09. The van der Waals surface area contributed by atoms with E-state index in [1.54, 1.807) is 17.4 Å². The van der Waals surface area contributed by atoms with Gasteiger partial charge in [-0.25, -0.2) is 0 Å². The van der Waals surface area contributed by atoms with Crippen molar-refractivity contribution in [1.29, 1.82) is 0 Å². The molecule has 0 spiro atoms. The van der Waals surface area contributed by atoms with Crippen LogP contribution in [0.2, 0.25) is 10.0 Å². The minimum absolute atomic E-state index is 0.0572. The molecule has 18 heavy (non-hydrogen) atoms. The predicted octanol–water partition coefficient (Wildman–Crippen LogP) is 5.52. The van der Waals surface area contributed by atoms with E-state index in [0.29, 0.717) is 10.0 Å². The Kier molecular flexibility index (Phi) is 5.10. The summed E-state index contributed by atoms with van der Waals surface area (Å²) in [5, 5.41) is 8.83. The van der Waals surface area contributed by atoms with Gasteiger partial charge in [-0.1, -0.05) is 42.3 Å². The molecule has 0 saturated heterocycles. The SMILES string of the molecule is CCNC(c1cscc1Br)c1cccc(Cl)c1Cl. The fourth-order valence-corrected chi connectivity index (χ4v) is 3.80. The zero-order valence-electron chi connectivity index (χ0n) is 9.71. The van der Waals surface area contributed by atoms with Crippen molar-refractivity contribution >= 4 is 50.5 Å². The summed E-state index contributed by atoms with van der Waals surface area (Å²) in [6.07, 6.45) is 0. The molecule has 1 heterocycles. The molecule has 96 valence electrons. The Morgan fingerprint density at radius 1 is 1.28 bits per heavy atom. The molecular weight excluding hydrogens is 353 g/mol. The molecule has 0 aliphatic rings. The van der Waals surface area contributed by atoms with E-state index >= 15 is 0 Å². The number of benzene rings is 1. The molecule has 1 unspecified atom stereocenters. The summed E-state index contributed by atoms with van der Waals surface area (Å²) in [6.45, 7) is 2.93. The molecular formula is C13H12BrCl2NS. The summed E-state index contributed by atoms with van der Waals surface area (Å²) >= 11 is 17.6. The van der Waals surface area contributed by atoms with Gasteiger partial charge in [0.2, 0.25) is 0 Å². The summed E-state index contributed by atoms with van der Waals surface area (Å²) in [6, 6.07) is 5.79. The van der Waals surface area contributed by atoms with E-state index in [-0.39, 0.29) is 6.04 Å². The Hall–Kier alpha value is -0.0600. The predicted molar refractivity (Wildman–Crippen MR) is 84.0 cm³/mol. The maximum atomic E-state index is 6.31. The zero-order valence-corrected chi connectivity index (χ0v) is 13.6. The third-order valence-electron chi connectivity index (χ3n) is 2.65. The van der Waals surface area contributed by atoms with Crippen LogP contribution in [0.3, 0.4) is 0 Å². The molecule has 0 bridgehead atoms. The Bertz CT molecular complexity index is 542. The van der Waals surface area contributed by atoms with Gasteiger partial charge in [0.25, 0.3) is 0 Å². The fraction of sp³-hybridized carbons (Fsp3) is 0.231. The second-order valence-corrected chi connectivity index (χ2v) is 6.19. The van der Waals surface area contributed by atoms with Crippen molar-refractivity contribution in [2.75, 3.05) is 6.54 Å². The highest BCUT2D eigenvalue weighted by atomic mass is 79.9. The lowest BCUT2D eigenvalue weighted by Crippen LogP contribution is -2.22. The molecule has 5 heteroatoms.